The summed E-state index contributed by atoms with van der Waals surface area (Å²) in [5, 5.41) is 12.8. The Balaban J connectivity index is 1.91. The van der Waals surface area contributed by atoms with Crippen LogP contribution in [0, 0.1) is 23.0 Å². The number of halogens is 2. The normalized spacial score (nSPS) is 22.4. The van der Waals surface area contributed by atoms with E-state index in [1.807, 2.05) is 6.07 Å². The fourth-order valence-electron chi connectivity index (χ4n) is 4.87. The molecule has 2 heterocycles. The average Bonchev–Trinajstić information content (AvgIpc) is 3.01. The second kappa shape index (κ2) is 6.51. The van der Waals surface area contributed by atoms with Gasteiger partial charge in [-0.25, -0.2) is 8.78 Å². The Bertz CT molecular complexity index is 1290. The molecule has 1 atom stereocenters. The minimum atomic E-state index is -1.87. The van der Waals surface area contributed by atoms with E-state index in [9.17, 15) is 23.6 Å². The quantitative estimate of drug-likeness (QED) is 0.740. The second-order valence-corrected chi connectivity index (χ2v) is 7.65. The van der Waals surface area contributed by atoms with Gasteiger partial charge < -0.3 is 11.1 Å². The SMILES string of the molecule is N#CC1=C(N)N(c2ccccc2F)C2=C(C(=O)CCC2)[C@@]12C(=O)Nc1ccc(F)cc12. The molecule has 3 aliphatic rings. The minimum Gasteiger partial charge on any atom is -0.384 e. The van der Waals surface area contributed by atoms with Gasteiger partial charge in [-0.05, 0) is 43.2 Å². The number of nitriles is 1. The van der Waals surface area contributed by atoms with Gasteiger partial charge in [0.25, 0.3) is 0 Å². The van der Waals surface area contributed by atoms with Crippen LogP contribution in [0.3, 0.4) is 0 Å². The number of benzene rings is 2. The van der Waals surface area contributed by atoms with Crippen molar-refractivity contribution < 1.29 is 18.4 Å². The zero-order valence-corrected chi connectivity index (χ0v) is 16.2. The van der Waals surface area contributed by atoms with Gasteiger partial charge in [0, 0.05) is 28.9 Å². The van der Waals surface area contributed by atoms with Crippen LogP contribution in [0.15, 0.2) is 65.1 Å². The highest BCUT2D eigenvalue weighted by Gasteiger charge is 2.60. The molecule has 154 valence electrons. The van der Waals surface area contributed by atoms with Gasteiger partial charge in [0.2, 0.25) is 5.91 Å². The monoisotopic (exact) mass is 418 g/mol. The van der Waals surface area contributed by atoms with Crippen molar-refractivity contribution in [3.63, 3.8) is 0 Å². The molecule has 31 heavy (non-hydrogen) atoms. The minimum absolute atomic E-state index is 0.0506. The highest BCUT2D eigenvalue weighted by atomic mass is 19.1. The van der Waals surface area contributed by atoms with E-state index in [4.69, 9.17) is 5.73 Å². The summed E-state index contributed by atoms with van der Waals surface area (Å²) in [7, 11) is 0. The van der Waals surface area contributed by atoms with Crippen molar-refractivity contribution in [1.82, 2.24) is 0 Å². The van der Waals surface area contributed by atoms with E-state index in [1.165, 1.54) is 35.2 Å². The highest BCUT2D eigenvalue weighted by molar-refractivity contribution is 6.19. The number of nitrogens with one attached hydrogen (secondary N) is 1. The Morgan fingerprint density at radius 1 is 1.13 bits per heavy atom. The first-order chi connectivity index (χ1) is 14.9. The molecule has 2 aromatic rings. The maximum Gasteiger partial charge on any atom is 0.245 e. The third-order valence-corrected chi connectivity index (χ3v) is 6.08. The van der Waals surface area contributed by atoms with Crippen molar-refractivity contribution in [2.24, 2.45) is 5.73 Å². The molecule has 5 rings (SSSR count). The summed E-state index contributed by atoms with van der Waals surface area (Å²) in [5.74, 6) is -2.37. The zero-order chi connectivity index (χ0) is 21.9. The lowest BCUT2D eigenvalue weighted by atomic mass is 9.64. The summed E-state index contributed by atoms with van der Waals surface area (Å²) in [6.07, 6.45) is 0.974. The molecule has 1 spiro atoms. The first-order valence-corrected chi connectivity index (χ1v) is 9.74. The Morgan fingerprint density at radius 3 is 2.65 bits per heavy atom. The zero-order valence-electron chi connectivity index (χ0n) is 16.2. The van der Waals surface area contributed by atoms with Crippen LogP contribution >= 0.6 is 0 Å². The van der Waals surface area contributed by atoms with E-state index in [0.29, 0.717) is 24.2 Å². The summed E-state index contributed by atoms with van der Waals surface area (Å²) in [5.41, 5.74) is 5.23. The van der Waals surface area contributed by atoms with Crippen LogP contribution in [-0.2, 0) is 15.0 Å². The number of carbonyl (C=O) groups excluding carboxylic acids is 2. The van der Waals surface area contributed by atoms with Crippen molar-refractivity contribution in [3.05, 3.63) is 82.3 Å². The molecule has 0 saturated carbocycles. The molecule has 0 radical (unpaired) electrons. The molecule has 0 fully saturated rings. The number of nitrogens with two attached hydrogens (primary N) is 1. The van der Waals surface area contributed by atoms with Crippen molar-refractivity contribution in [2.75, 3.05) is 10.2 Å². The number of hydrogen-bond donors (Lipinski definition) is 2. The van der Waals surface area contributed by atoms with Crippen molar-refractivity contribution in [1.29, 1.82) is 5.26 Å². The largest absolute Gasteiger partial charge is 0.384 e. The predicted molar refractivity (Wildman–Crippen MR) is 108 cm³/mol. The maximum absolute atomic E-state index is 14.7. The van der Waals surface area contributed by atoms with E-state index >= 15 is 0 Å². The number of anilines is 2. The van der Waals surface area contributed by atoms with Crippen LogP contribution in [0.4, 0.5) is 20.2 Å². The lowest BCUT2D eigenvalue weighted by Crippen LogP contribution is -2.51. The number of allylic oxidation sites excluding steroid dienone is 1. The van der Waals surface area contributed by atoms with E-state index in [-0.39, 0.29) is 40.4 Å². The number of para-hydroxylation sites is 1. The van der Waals surface area contributed by atoms with Crippen LogP contribution in [0.2, 0.25) is 0 Å². The number of nitrogens with zero attached hydrogens (tertiary/aromatic N) is 2. The van der Waals surface area contributed by atoms with Gasteiger partial charge in [0.1, 0.15) is 28.9 Å². The fourth-order valence-corrected chi connectivity index (χ4v) is 4.87. The number of ketones is 1. The van der Waals surface area contributed by atoms with Crippen LogP contribution in [0.5, 0.6) is 0 Å². The van der Waals surface area contributed by atoms with Gasteiger partial charge in [0.05, 0.1) is 11.3 Å². The summed E-state index contributed by atoms with van der Waals surface area (Å²) in [6, 6.07) is 11.5. The molecule has 0 bridgehead atoms. The van der Waals surface area contributed by atoms with Gasteiger partial charge in [-0.1, -0.05) is 12.1 Å². The topological polar surface area (TPSA) is 99.2 Å². The number of Topliss-reactive ketones (excluding diaryl/α,β-unsaturated/α-hetero) is 1. The molecule has 6 nitrogen and oxygen atoms in total. The molecule has 3 N–H and O–H groups in total. The summed E-state index contributed by atoms with van der Waals surface area (Å²) < 4.78 is 29.0. The Morgan fingerprint density at radius 2 is 1.90 bits per heavy atom. The summed E-state index contributed by atoms with van der Waals surface area (Å²) >= 11 is 0. The number of amides is 1. The van der Waals surface area contributed by atoms with Crippen LogP contribution in [0.1, 0.15) is 24.8 Å². The maximum atomic E-state index is 14.7. The third-order valence-electron chi connectivity index (χ3n) is 6.08. The molecule has 8 heteroatoms. The van der Waals surface area contributed by atoms with E-state index < -0.39 is 23.0 Å². The smallest absolute Gasteiger partial charge is 0.245 e. The Labute approximate surface area is 176 Å². The van der Waals surface area contributed by atoms with Crippen LogP contribution in [0.25, 0.3) is 0 Å². The van der Waals surface area contributed by atoms with Gasteiger partial charge in [-0.15, -0.1) is 0 Å². The number of hydrogen-bond acceptors (Lipinski definition) is 5. The highest BCUT2D eigenvalue weighted by Crippen LogP contribution is 2.55. The van der Waals surface area contributed by atoms with Crippen LogP contribution in [-0.4, -0.2) is 11.7 Å². The average molecular weight is 418 g/mol. The Hall–Kier alpha value is -3.99. The van der Waals surface area contributed by atoms with E-state index in [2.05, 4.69) is 5.32 Å². The first-order valence-electron chi connectivity index (χ1n) is 9.74. The van der Waals surface area contributed by atoms with E-state index in [0.717, 1.165) is 6.07 Å². The molecular formula is C23H16F2N4O2. The molecule has 0 saturated heterocycles. The lowest BCUT2D eigenvalue weighted by molar-refractivity contribution is -0.122. The van der Waals surface area contributed by atoms with Crippen molar-refractivity contribution in [3.8, 4) is 6.07 Å². The van der Waals surface area contributed by atoms with E-state index in [1.54, 1.807) is 6.07 Å². The van der Waals surface area contributed by atoms with Crippen LogP contribution < -0.4 is 16.0 Å². The molecule has 0 aromatic heterocycles. The third kappa shape index (κ3) is 2.34. The van der Waals surface area contributed by atoms with Gasteiger partial charge >= 0.3 is 0 Å². The Kier molecular flexibility index (Phi) is 3.99. The molecule has 2 aromatic carbocycles. The molecular weight excluding hydrogens is 402 g/mol. The lowest BCUT2D eigenvalue weighted by Gasteiger charge is -2.43. The molecule has 1 aliphatic carbocycles. The fraction of sp³-hybridized carbons (Fsp3) is 0.174. The predicted octanol–water partition coefficient (Wildman–Crippen LogP) is 3.38. The van der Waals surface area contributed by atoms with Gasteiger partial charge in [-0.3, -0.25) is 14.5 Å². The number of fused-ring (bicyclic) bond motifs is 3. The summed E-state index contributed by atoms with van der Waals surface area (Å²) in [6.45, 7) is 0. The van der Waals surface area contributed by atoms with Crippen molar-refractivity contribution >= 4 is 23.1 Å². The van der Waals surface area contributed by atoms with Gasteiger partial charge in [-0.2, -0.15) is 5.26 Å². The van der Waals surface area contributed by atoms with Crippen molar-refractivity contribution in [2.45, 2.75) is 24.7 Å². The summed E-state index contributed by atoms with van der Waals surface area (Å²) in [4.78, 5) is 28.0. The molecule has 2 aliphatic heterocycles. The van der Waals surface area contributed by atoms with Gasteiger partial charge in [0.15, 0.2) is 5.78 Å². The number of carbonyl (C=O) groups is 2. The number of rotatable bonds is 1. The molecule has 1 amide bonds. The second-order valence-electron chi connectivity index (χ2n) is 7.65. The molecule has 0 unspecified atom stereocenters. The first kappa shape index (κ1) is 19.0. The standard InChI is InChI=1S/C23H16F2N4O2/c24-12-8-9-16-13(10-12)23(22(31)28-16)14(11-26)21(27)29(17-5-2-1-4-15(17)25)18-6-3-7-19(30)20(18)23/h1-2,4-5,8-10H,3,6-7,27H2,(H,28,31)/t23-/m0/s1.